The third-order valence-corrected chi connectivity index (χ3v) is 5.69. The zero-order valence-electron chi connectivity index (χ0n) is 16.0. The highest BCUT2D eigenvalue weighted by Gasteiger charge is 2.29. The first-order valence-electron chi connectivity index (χ1n) is 9.56. The van der Waals surface area contributed by atoms with E-state index in [-0.39, 0.29) is 37.3 Å². The van der Waals surface area contributed by atoms with E-state index in [1.165, 1.54) is 12.0 Å². The number of carbonyl (C=O) groups is 1. The lowest BCUT2D eigenvalue weighted by Crippen LogP contribution is -2.56. The number of hydrogen-bond acceptors (Lipinski definition) is 6. The summed E-state index contributed by atoms with van der Waals surface area (Å²) >= 11 is 0. The van der Waals surface area contributed by atoms with Crippen molar-refractivity contribution in [2.75, 3.05) is 52.6 Å². The Morgan fingerprint density at radius 2 is 1.82 bits per heavy atom. The predicted octanol–water partition coefficient (Wildman–Crippen LogP) is 1.33. The summed E-state index contributed by atoms with van der Waals surface area (Å²) in [5.74, 6) is 1.77. The molecule has 0 aromatic heterocycles. The Labute approximate surface area is 178 Å². The summed E-state index contributed by atoms with van der Waals surface area (Å²) in [7, 11) is 0. The topological polar surface area (TPSA) is 71.3 Å². The maximum absolute atomic E-state index is 11.9. The van der Waals surface area contributed by atoms with E-state index in [2.05, 4.69) is 21.9 Å². The van der Waals surface area contributed by atoms with Gasteiger partial charge < -0.3 is 20.1 Å². The van der Waals surface area contributed by atoms with E-state index in [0.717, 1.165) is 63.7 Å². The number of halogens is 2. The van der Waals surface area contributed by atoms with Crippen molar-refractivity contribution in [1.82, 2.24) is 14.7 Å². The van der Waals surface area contributed by atoms with Crippen molar-refractivity contribution < 1.29 is 14.3 Å². The number of rotatable bonds is 4. The number of piperidine rings is 1. The summed E-state index contributed by atoms with van der Waals surface area (Å²) in [4.78, 5) is 18.9. The molecule has 0 aliphatic carbocycles. The van der Waals surface area contributed by atoms with E-state index < -0.39 is 0 Å². The van der Waals surface area contributed by atoms with E-state index in [0.29, 0.717) is 12.8 Å². The van der Waals surface area contributed by atoms with E-state index in [9.17, 15) is 4.79 Å². The fourth-order valence-corrected chi connectivity index (χ4v) is 4.19. The molecule has 1 unspecified atom stereocenters. The zero-order valence-corrected chi connectivity index (χ0v) is 17.7. The van der Waals surface area contributed by atoms with Gasteiger partial charge in [0.2, 0.25) is 12.7 Å². The highest BCUT2D eigenvalue weighted by molar-refractivity contribution is 5.85. The number of ether oxygens (including phenoxy) is 2. The SMILES string of the molecule is Cl.Cl.NCC(=O)N1CCCC(N2CCN(Cc3ccc4c(c3)OCO4)CC2)C1. The second-order valence-electron chi connectivity index (χ2n) is 7.34. The summed E-state index contributed by atoms with van der Waals surface area (Å²) in [6.45, 7) is 7.28. The normalized spacial score (nSPS) is 22.3. The number of hydrogen-bond donors (Lipinski definition) is 1. The number of likely N-dealkylation sites (tertiary alicyclic amines) is 1. The molecule has 2 saturated heterocycles. The van der Waals surface area contributed by atoms with Crippen molar-refractivity contribution >= 4 is 30.7 Å². The molecule has 158 valence electrons. The number of carbonyl (C=O) groups excluding carboxylic acids is 1. The average molecular weight is 433 g/mol. The van der Waals surface area contributed by atoms with Crippen LogP contribution in [0.4, 0.5) is 0 Å². The van der Waals surface area contributed by atoms with Gasteiger partial charge in [-0.3, -0.25) is 14.6 Å². The largest absolute Gasteiger partial charge is 0.454 e. The lowest BCUT2D eigenvalue weighted by atomic mass is 10.0. The maximum atomic E-state index is 11.9. The van der Waals surface area contributed by atoms with Gasteiger partial charge >= 0.3 is 0 Å². The quantitative estimate of drug-likeness (QED) is 0.773. The summed E-state index contributed by atoms with van der Waals surface area (Å²) in [6, 6.07) is 6.69. The molecule has 0 radical (unpaired) electrons. The molecule has 0 spiro atoms. The second-order valence-corrected chi connectivity index (χ2v) is 7.34. The lowest BCUT2D eigenvalue weighted by molar-refractivity contribution is -0.132. The highest BCUT2D eigenvalue weighted by atomic mass is 35.5. The third-order valence-electron chi connectivity index (χ3n) is 5.69. The van der Waals surface area contributed by atoms with Crippen molar-refractivity contribution in [3.8, 4) is 11.5 Å². The summed E-state index contributed by atoms with van der Waals surface area (Å²) in [5, 5.41) is 0. The van der Waals surface area contributed by atoms with Crippen LogP contribution in [0.2, 0.25) is 0 Å². The molecule has 0 saturated carbocycles. The van der Waals surface area contributed by atoms with Gasteiger partial charge in [-0.2, -0.15) is 0 Å². The predicted molar refractivity (Wildman–Crippen MR) is 113 cm³/mol. The number of piperazine rings is 1. The van der Waals surface area contributed by atoms with Crippen LogP contribution in [0.25, 0.3) is 0 Å². The van der Waals surface area contributed by atoms with Gasteiger partial charge in [-0.05, 0) is 30.5 Å². The molecule has 3 heterocycles. The van der Waals surface area contributed by atoms with Crippen molar-refractivity contribution in [2.24, 2.45) is 5.73 Å². The summed E-state index contributed by atoms with van der Waals surface area (Å²) < 4.78 is 10.9. The zero-order chi connectivity index (χ0) is 17.9. The Morgan fingerprint density at radius 3 is 2.57 bits per heavy atom. The number of benzene rings is 1. The molecule has 1 aromatic rings. The van der Waals surface area contributed by atoms with Gasteiger partial charge in [0.25, 0.3) is 0 Å². The van der Waals surface area contributed by atoms with Gasteiger partial charge in [-0.15, -0.1) is 24.8 Å². The smallest absolute Gasteiger partial charge is 0.236 e. The van der Waals surface area contributed by atoms with Gasteiger partial charge in [0.05, 0.1) is 6.54 Å². The Balaban J connectivity index is 0.00000140. The molecule has 4 rings (SSSR count). The summed E-state index contributed by atoms with van der Waals surface area (Å²) in [5.41, 5.74) is 6.79. The number of fused-ring (bicyclic) bond motifs is 1. The summed E-state index contributed by atoms with van der Waals surface area (Å²) in [6.07, 6.45) is 2.25. The molecule has 2 fully saturated rings. The van der Waals surface area contributed by atoms with E-state index in [4.69, 9.17) is 15.2 Å². The lowest BCUT2D eigenvalue weighted by Gasteiger charge is -2.43. The molecule has 9 heteroatoms. The molecule has 1 atom stereocenters. The van der Waals surface area contributed by atoms with Crippen LogP contribution in [0.1, 0.15) is 18.4 Å². The minimum atomic E-state index is 0. The highest BCUT2D eigenvalue weighted by Crippen LogP contribution is 2.33. The minimum absolute atomic E-state index is 0. The van der Waals surface area contributed by atoms with E-state index >= 15 is 0 Å². The van der Waals surface area contributed by atoms with Gasteiger partial charge in [0.15, 0.2) is 11.5 Å². The molecule has 3 aliphatic heterocycles. The third kappa shape index (κ3) is 5.21. The van der Waals surface area contributed by atoms with E-state index in [1.807, 2.05) is 11.0 Å². The molecule has 3 aliphatic rings. The monoisotopic (exact) mass is 432 g/mol. The Bertz CT molecular complexity index is 656. The van der Waals surface area contributed by atoms with E-state index in [1.54, 1.807) is 0 Å². The Hall–Kier alpha value is -1.25. The van der Waals surface area contributed by atoms with Crippen LogP contribution in [-0.2, 0) is 11.3 Å². The molecule has 7 nitrogen and oxygen atoms in total. The van der Waals surface area contributed by atoms with Crippen LogP contribution in [-0.4, -0.2) is 79.3 Å². The molecular formula is C19H30Cl2N4O3. The first kappa shape index (κ1) is 23.0. The molecule has 28 heavy (non-hydrogen) atoms. The van der Waals surface area contributed by atoms with Crippen LogP contribution in [0, 0.1) is 0 Å². The second kappa shape index (κ2) is 10.5. The van der Waals surface area contributed by atoms with Crippen LogP contribution in [0.5, 0.6) is 11.5 Å². The number of amides is 1. The van der Waals surface area contributed by atoms with Crippen molar-refractivity contribution in [3.63, 3.8) is 0 Å². The first-order chi connectivity index (χ1) is 12.7. The van der Waals surface area contributed by atoms with Gasteiger partial charge in [-0.1, -0.05) is 6.07 Å². The fraction of sp³-hybridized carbons (Fsp3) is 0.632. The van der Waals surface area contributed by atoms with Crippen LogP contribution >= 0.6 is 24.8 Å². The van der Waals surface area contributed by atoms with Gasteiger partial charge in [0, 0.05) is 51.9 Å². The number of nitrogens with zero attached hydrogens (tertiary/aromatic N) is 3. The number of nitrogens with two attached hydrogens (primary N) is 1. The molecule has 1 aromatic carbocycles. The Kier molecular flexibility index (Phi) is 8.64. The molecule has 1 amide bonds. The van der Waals surface area contributed by atoms with Gasteiger partial charge in [-0.25, -0.2) is 0 Å². The standard InChI is InChI=1S/C19H28N4O3.2ClH/c20-11-19(24)23-5-1-2-16(13-23)22-8-6-21(7-9-22)12-15-3-4-17-18(10-15)26-14-25-17;;/h3-4,10,16H,1-2,5-9,11-14,20H2;2*1H. The molecule has 0 bridgehead atoms. The van der Waals surface area contributed by atoms with Crippen LogP contribution < -0.4 is 15.2 Å². The maximum Gasteiger partial charge on any atom is 0.236 e. The Morgan fingerprint density at radius 1 is 1.07 bits per heavy atom. The van der Waals surface area contributed by atoms with Crippen molar-refractivity contribution in [3.05, 3.63) is 23.8 Å². The van der Waals surface area contributed by atoms with Crippen molar-refractivity contribution in [2.45, 2.75) is 25.4 Å². The average Bonchev–Trinajstić information content (AvgIpc) is 3.16. The van der Waals surface area contributed by atoms with Gasteiger partial charge in [0.1, 0.15) is 0 Å². The van der Waals surface area contributed by atoms with Crippen LogP contribution in [0.3, 0.4) is 0 Å². The van der Waals surface area contributed by atoms with Crippen LogP contribution in [0.15, 0.2) is 18.2 Å². The fourth-order valence-electron chi connectivity index (χ4n) is 4.19. The first-order valence-corrected chi connectivity index (χ1v) is 9.56. The molecular weight excluding hydrogens is 403 g/mol. The minimum Gasteiger partial charge on any atom is -0.454 e. The molecule has 2 N–H and O–H groups in total. The van der Waals surface area contributed by atoms with Crippen molar-refractivity contribution in [1.29, 1.82) is 0 Å².